The van der Waals surface area contributed by atoms with E-state index in [-0.39, 0.29) is 12.3 Å². The number of rotatable bonds is 5. The summed E-state index contributed by atoms with van der Waals surface area (Å²) in [5.74, 6) is -0.492. The summed E-state index contributed by atoms with van der Waals surface area (Å²) in [4.78, 5) is 29.3. The Morgan fingerprint density at radius 2 is 1.57 bits per heavy atom. The van der Waals surface area contributed by atoms with Gasteiger partial charge in [-0.1, -0.05) is 66.2 Å². The minimum Gasteiger partial charge on any atom is -0.468 e. The topological polar surface area (TPSA) is 46.6 Å². The highest BCUT2D eigenvalue weighted by Crippen LogP contribution is 2.54. The quantitative estimate of drug-likeness (QED) is 0.537. The van der Waals surface area contributed by atoms with Crippen molar-refractivity contribution in [2.75, 3.05) is 12.0 Å². The summed E-state index contributed by atoms with van der Waals surface area (Å²) in [5, 5.41) is 0. The molecule has 0 N–H and O–H groups in total. The summed E-state index contributed by atoms with van der Waals surface area (Å²) in [6.07, 6.45) is 0.0622. The molecule has 4 nitrogen and oxygen atoms in total. The van der Waals surface area contributed by atoms with Crippen molar-refractivity contribution in [3.8, 4) is 0 Å². The van der Waals surface area contributed by atoms with Gasteiger partial charge in [-0.3, -0.25) is 9.59 Å². The molecule has 0 radical (unpaired) electrons. The minimum atomic E-state index is -1.10. The summed E-state index contributed by atoms with van der Waals surface area (Å²) >= 11 is 1.41. The monoisotopic (exact) mass is 417 g/mol. The molecule has 152 valence electrons. The fourth-order valence-electron chi connectivity index (χ4n) is 4.00. The van der Waals surface area contributed by atoms with Crippen LogP contribution >= 0.6 is 11.8 Å². The zero-order valence-electron chi connectivity index (χ0n) is 16.9. The first-order valence-electron chi connectivity index (χ1n) is 9.81. The van der Waals surface area contributed by atoms with E-state index in [0.29, 0.717) is 0 Å². The molecule has 3 aromatic carbocycles. The lowest BCUT2D eigenvalue weighted by molar-refractivity contribution is -0.144. The van der Waals surface area contributed by atoms with Crippen LogP contribution in [0.3, 0.4) is 0 Å². The molecule has 0 spiro atoms. The molecule has 0 saturated carbocycles. The molecule has 0 aliphatic carbocycles. The van der Waals surface area contributed by atoms with Crippen molar-refractivity contribution < 1.29 is 14.3 Å². The fourth-order valence-corrected chi connectivity index (χ4v) is 5.41. The van der Waals surface area contributed by atoms with E-state index in [9.17, 15) is 9.59 Å². The molecule has 2 atom stereocenters. The lowest BCUT2D eigenvalue weighted by atomic mass is 9.92. The zero-order chi connectivity index (χ0) is 21.1. The highest BCUT2D eigenvalue weighted by atomic mass is 32.2. The van der Waals surface area contributed by atoms with Crippen molar-refractivity contribution in [2.45, 2.75) is 29.0 Å². The largest absolute Gasteiger partial charge is 0.468 e. The number of aryl methyl sites for hydroxylation is 1. The minimum absolute atomic E-state index is 0.0622. The number of anilines is 1. The second-order valence-corrected chi connectivity index (χ2v) is 8.79. The van der Waals surface area contributed by atoms with E-state index in [0.717, 1.165) is 21.7 Å². The van der Waals surface area contributed by atoms with Crippen LogP contribution in [0.5, 0.6) is 0 Å². The molecule has 1 aliphatic rings. The molecule has 1 heterocycles. The Labute approximate surface area is 180 Å². The Morgan fingerprint density at radius 3 is 2.17 bits per heavy atom. The molecule has 5 heteroatoms. The van der Waals surface area contributed by atoms with Gasteiger partial charge in [-0.2, -0.15) is 0 Å². The van der Waals surface area contributed by atoms with E-state index >= 15 is 0 Å². The number of hydrogen-bond donors (Lipinski definition) is 0. The van der Waals surface area contributed by atoms with Gasteiger partial charge >= 0.3 is 5.97 Å². The molecule has 4 rings (SSSR count). The van der Waals surface area contributed by atoms with Crippen LogP contribution in [0.2, 0.25) is 0 Å². The second kappa shape index (κ2) is 8.36. The van der Waals surface area contributed by atoms with Gasteiger partial charge in [-0.05, 0) is 36.8 Å². The number of carbonyl (C=O) groups is 2. The first kappa shape index (κ1) is 20.2. The highest BCUT2D eigenvalue weighted by molar-refractivity contribution is 8.01. The van der Waals surface area contributed by atoms with Crippen molar-refractivity contribution in [3.05, 3.63) is 96.1 Å². The van der Waals surface area contributed by atoms with Gasteiger partial charge in [0.05, 0.1) is 19.6 Å². The highest BCUT2D eigenvalue weighted by Gasteiger charge is 2.59. The van der Waals surface area contributed by atoms with Gasteiger partial charge in [0.15, 0.2) is 4.75 Å². The van der Waals surface area contributed by atoms with E-state index < -0.39 is 16.8 Å². The molecule has 0 aromatic heterocycles. The van der Waals surface area contributed by atoms with Crippen LogP contribution < -0.4 is 4.90 Å². The van der Waals surface area contributed by atoms with Crippen molar-refractivity contribution in [3.63, 3.8) is 0 Å². The first-order valence-corrected chi connectivity index (χ1v) is 10.6. The predicted molar refractivity (Wildman–Crippen MR) is 120 cm³/mol. The third kappa shape index (κ3) is 3.61. The van der Waals surface area contributed by atoms with Crippen LogP contribution in [0.25, 0.3) is 0 Å². The molecule has 1 fully saturated rings. The Hall–Kier alpha value is -3.05. The predicted octanol–water partition coefficient (Wildman–Crippen LogP) is 5.18. The first-order chi connectivity index (χ1) is 14.5. The van der Waals surface area contributed by atoms with Crippen LogP contribution in [0.15, 0.2) is 89.8 Å². The molecule has 1 saturated heterocycles. The summed E-state index contributed by atoms with van der Waals surface area (Å²) < 4.78 is 4.18. The maximum Gasteiger partial charge on any atom is 0.325 e. The second-order valence-electron chi connectivity index (χ2n) is 7.39. The molecular formula is C25H23NO3S. The van der Waals surface area contributed by atoms with Crippen LogP contribution in [0.4, 0.5) is 5.69 Å². The lowest BCUT2D eigenvalue weighted by Gasteiger charge is -2.35. The number of carbonyl (C=O) groups excluding carboxylic acids is 2. The average Bonchev–Trinajstić information content (AvgIpc) is 3.08. The van der Waals surface area contributed by atoms with Crippen LogP contribution in [-0.2, 0) is 14.3 Å². The number of amides is 1. The number of ether oxygens (including phenoxy) is 1. The Morgan fingerprint density at radius 1 is 0.967 bits per heavy atom. The zero-order valence-corrected chi connectivity index (χ0v) is 17.8. The van der Waals surface area contributed by atoms with E-state index in [1.54, 1.807) is 4.90 Å². The number of benzene rings is 3. The van der Waals surface area contributed by atoms with Gasteiger partial charge in [0.1, 0.15) is 0 Å². The SMILES string of the molecule is COC(=O)[C@@]1(Sc2ccc(C)cc2)CC(=O)N(c2ccccc2)[C@@H]1c1ccccc1. The van der Waals surface area contributed by atoms with Gasteiger partial charge in [-0.25, -0.2) is 0 Å². The fraction of sp³-hybridized carbons (Fsp3) is 0.200. The van der Waals surface area contributed by atoms with E-state index in [2.05, 4.69) is 0 Å². The number of methoxy groups -OCH3 is 1. The molecule has 1 amide bonds. The maximum atomic E-state index is 13.3. The maximum absolute atomic E-state index is 13.3. The normalized spacial score (nSPS) is 20.9. The molecule has 0 unspecified atom stereocenters. The number of thioether (sulfide) groups is 1. The standard InChI is InChI=1S/C25H23NO3S/c1-18-13-15-21(16-14-18)30-25(24(28)29-2)17-22(27)26(20-11-7-4-8-12-20)23(25)19-9-5-3-6-10-19/h3-16,23H,17H2,1-2H3/t23-,25-/m1/s1. The summed E-state index contributed by atoms with van der Waals surface area (Å²) in [6, 6.07) is 26.7. The van der Waals surface area contributed by atoms with E-state index in [1.807, 2.05) is 91.9 Å². The number of nitrogens with zero attached hydrogens (tertiary/aromatic N) is 1. The van der Waals surface area contributed by atoms with Crippen LogP contribution in [0, 0.1) is 6.92 Å². The summed E-state index contributed by atoms with van der Waals surface area (Å²) in [7, 11) is 1.39. The molecule has 1 aliphatic heterocycles. The van der Waals surface area contributed by atoms with Crippen molar-refractivity contribution in [1.29, 1.82) is 0 Å². The molecule has 0 bridgehead atoms. The van der Waals surface area contributed by atoms with Gasteiger partial charge in [0.2, 0.25) is 5.91 Å². The Balaban J connectivity index is 1.89. The smallest absolute Gasteiger partial charge is 0.325 e. The number of para-hydroxylation sites is 1. The van der Waals surface area contributed by atoms with Gasteiger partial charge < -0.3 is 9.64 Å². The Bertz CT molecular complexity index is 1040. The van der Waals surface area contributed by atoms with E-state index in [1.165, 1.54) is 18.9 Å². The molecular weight excluding hydrogens is 394 g/mol. The lowest BCUT2D eigenvalue weighted by Crippen LogP contribution is -2.42. The number of esters is 1. The molecule has 30 heavy (non-hydrogen) atoms. The Kier molecular flexibility index (Phi) is 5.64. The molecule has 3 aromatic rings. The van der Waals surface area contributed by atoms with Gasteiger partial charge in [0, 0.05) is 10.6 Å². The summed E-state index contributed by atoms with van der Waals surface area (Å²) in [5.41, 5.74) is 2.81. The average molecular weight is 418 g/mol. The van der Waals surface area contributed by atoms with Crippen molar-refractivity contribution in [2.24, 2.45) is 0 Å². The van der Waals surface area contributed by atoms with Gasteiger partial charge in [-0.15, -0.1) is 11.8 Å². The third-order valence-corrected chi connectivity index (χ3v) is 6.79. The van der Waals surface area contributed by atoms with E-state index in [4.69, 9.17) is 4.74 Å². The number of hydrogen-bond acceptors (Lipinski definition) is 4. The van der Waals surface area contributed by atoms with Crippen molar-refractivity contribution in [1.82, 2.24) is 0 Å². The van der Waals surface area contributed by atoms with Crippen molar-refractivity contribution >= 4 is 29.3 Å². The van der Waals surface area contributed by atoms with Crippen LogP contribution in [-0.4, -0.2) is 23.7 Å². The third-order valence-electron chi connectivity index (χ3n) is 5.38. The summed E-state index contributed by atoms with van der Waals surface area (Å²) in [6.45, 7) is 2.02. The van der Waals surface area contributed by atoms with Gasteiger partial charge in [0.25, 0.3) is 0 Å². The van der Waals surface area contributed by atoms with Crippen LogP contribution in [0.1, 0.15) is 23.6 Å².